The fraction of sp³-hybridized carbons (Fsp3) is 0.0455. The largest absolute Gasteiger partial charge is 0.417 e. The number of aromatic nitrogens is 2. The van der Waals surface area contributed by atoms with Gasteiger partial charge in [0.2, 0.25) is 0 Å². The highest BCUT2D eigenvalue weighted by molar-refractivity contribution is 6.33. The smallest absolute Gasteiger partial charge is 0.297 e. The van der Waals surface area contributed by atoms with Crippen LogP contribution in [0.1, 0.15) is 21.6 Å². The number of pyridine rings is 1. The molecule has 0 aliphatic rings. The van der Waals surface area contributed by atoms with Crippen molar-refractivity contribution in [1.29, 1.82) is 0 Å². The molecular formula is C22H13Cl2F3N4O. The summed E-state index contributed by atoms with van der Waals surface area (Å²) < 4.78 is 41.3. The molecule has 0 spiro atoms. The van der Waals surface area contributed by atoms with Crippen LogP contribution in [0.25, 0.3) is 16.9 Å². The van der Waals surface area contributed by atoms with Crippen molar-refractivity contribution in [2.24, 2.45) is 5.10 Å². The zero-order valence-corrected chi connectivity index (χ0v) is 17.6. The second kappa shape index (κ2) is 8.64. The van der Waals surface area contributed by atoms with Crippen LogP contribution < -0.4 is 5.43 Å². The number of rotatable bonds is 4. The van der Waals surface area contributed by atoms with E-state index in [9.17, 15) is 18.0 Å². The lowest BCUT2D eigenvalue weighted by atomic mass is 10.1. The molecule has 4 rings (SSSR count). The number of carbonyl (C=O) groups is 1. The quantitative estimate of drug-likeness (QED) is 0.286. The second-order valence-electron chi connectivity index (χ2n) is 6.69. The van der Waals surface area contributed by atoms with Crippen LogP contribution in [0.15, 0.2) is 72.0 Å². The number of nitrogens with zero attached hydrogens (tertiary/aromatic N) is 3. The molecule has 32 heavy (non-hydrogen) atoms. The first-order valence-electron chi connectivity index (χ1n) is 9.17. The fourth-order valence-corrected chi connectivity index (χ4v) is 3.44. The highest BCUT2D eigenvalue weighted by Gasteiger charge is 2.32. The molecule has 0 fully saturated rings. The zero-order chi connectivity index (χ0) is 22.9. The van der Waals surface area contributed by atoms with Gasteiger partial charge in [0.15, 0.2) is 5.65 Å². The van der Waals surface area contributed by atoms with Crippen LogP contribution in [0.2, 0.25) is 10.0 Å². The summed E-state index contributed by atoms with van der Waals surface area (Å²) in [4.78, 5) is 16.6. The molecular weight excluding hydrogens is 464 g/mol. The van der Waals surface area contributed by atoms with Gasteiger partial charge in [-0.2, -0.15) is 18.3 Å². The van der Waals surface area contributed by atoms with Gasteiger partial charge < -0.3 is 0 Å². The van der Waals surface area contributed by atoms with E-state index in [4.69, 9.17) is 23.2 Å². The Labute approximate surface area is 190 Å². The lowest BCUT2D eigenvalue weighted by molar-refractivity contribution is -0.137. The number of hydrogen-bond donors (Lipinski definition) is 1. The van der Waals surface area contributed by atoms with Gasteiger partial charge in [-0.1, -0.05) is 53.5 Å². The molecule has 2 heterocycles. The number of carbonyl (C=O) groups excluding carboxylic acids is 1. The summed E-state index contributed by atoms with van der Waals surface area (Å²) >= 11 is 11.9. The molecule has 0 aliphatic heterocycles. The Bertz CT molecular complexity index is 1320. The topological polar surface area (TPSA) is 58.8 Å². The molecule has 5 nitrogen and oxygen atoms in total. The molecule has 0 saturated heterocycles. The van der Waals surface area contributed by atoms with Crippen molar-refractivity contribution in [1.82, 2.24) is 14.8 Å². The van der Waals surface area contributed by atoms with Gasteiger partial charge in [0.25, 0.3) is 5.91 Å². The molecule has 0 bridgehead atoms. The lowest BCUT2D eigenvalue weighted by Gasteiger charge is -2.10. The van der Waals surface area contributed by atoms with Gasteiger partial charge >= 0.3 is 6.18 Å². The van der Waals surface area contributed by atoms with Crippen molar-refractivity contribution < 1.29 is 18.0 Å². The number of halogens is 5. The van der Waals surface area contributed by atoms with Crippen LogP contribution in [0, 0.1) is 0 Å². The molecule has 4 aromatic rings. The summed E-state index contributed by atoms with van der Waals surface area (Å²) in [5.41, 5.74) is 3.09. The van der Waals surface area contributed by atoms with Crippen molar-refractivity contribution >= 4 is 41.0 Å². The molecule has 2 aromatic carbocycles. The van der Waals surface area contributed by atoms with Gasteiger partial charge in [-0.25, -0.2) is 10.4 Å². The van der Waals surface area contributed by atoms with Crippen LogP contribution in [-0.4, -0.2) is 21.5 Å². The van der Waals surface area contributed by atoms with Gasteiger partial charge in [-0.05, 0) is 30.3 Å². The van der Waals surface area contributed by atoms with Crippen molar-refractivity contribution in [2.75, 3.05) is 0 Å². The third-order valence-corrected chi connectivity index (χ3v) is 5.07. The summed E-state index contributed by atoms with van der Waals surface area (Å²) in [7, 11) is 0. The summed E-state index contributed by atoms with van der Waals surface area (Å²) in [6.45, 7) is 0. The fourth-order valence-electron chi connectivity index (χ4n) is 3.07. The molecule has 0 atom stereocenters. The van der Waals surface area contributed by atoms with Crippen molar-refractivity contribution in [3.63, 3.8) is 0 Å². The number of hydrazone groups is 1. The Hall–Kier alpha value is -3.36. The number of amides is 1. The highest BCUT2D eigenvalue weighted by Crippen LogP contribution is 2.35. The molecule has 0 radical (unpaired) electrons. The molecule has 1 N–H and O–H groups in total. The van der Waals surface area contributed by atoms with Crippen LogP contribution in [0.3, 0.4) is 0 Å². The van der Waals surface area contributed by atoms with Crippen molar-refractivity contribution in [3.05, 3.63) is 93.7 Å². The standard InChI is InChI=1S/C22H13Cl2F3N4O/c23-16-8-6-14(7-9-16)21(32)30-28-11-18-19(13-4-2-1-3-5-13)31-12-15(22(25,26)27)10-17(24)20(31)29-18/h1-12H,(H,30,32)/b28-11-. The lowest BCUT2D eigenvalue weighted by Crippen LogP contribution is -2.17. The van der Waals surface area contributed by atoms with E-state index >= 15 is 0 Å². The van der Waals surface area contributed by atoms with Gasteiger partial charge in [0.1, 0.15) is 5.69 Å². The Morgan fingerprint density at radius 3 is 2.41 bits per heavy atom. The number of alkyl halides is 3. The maximum atomic E-state index is 13.3. The Morgan fingerprint density at radius 1 is 1.06 bits per heavy atom. The average molecular weight is 477 g/mol. The Kier molecular flexibility index (Phi) is 5.90. The van der Waals surface area contributed by atoms with E-state index in [1.165, 1.54) is 22.7 Å². The SMILES string of the molecule is O=C(N/N=C\c1nc2c(Cl)cc(C(F)(F)F)cn2c1-c1ccccc1)c1ccc(Cl)cc1. The number of hydrogen-bond acceptors (Lipinski definition) is 3. The zero-order valence-electron chi connectivity index (χ0n) is 16.1. The monoisotopic (exact) mass is 476 g/mol. The molecule has 162 valence electrons. The third-order valence-electron chi connectivity index (χ3n) is 4.54. The number of nitrogens with one attached hydrogen (secondary N) is 1. The Morgan fingerprint density at radius 2 is 1.75 bits per heavy atom. The molecule has 1 amide bonds. The Balaban J connectivity index is 1.76. The predicted molar refractivity (Wildman–Crippen MR) is 117 cm³/mol. The van der Waals surface area contributed by atoms with E-state index in [0.717, 1.165) is 12.3 Å². The van der Waals surface area contributed by atoms with Crippen LogP contribution >= 0.6 is 23.2 Å². The van der Waals surface area contributed by atoms with Gasteiger partial charge in [0.05, 0.1) is 22.5 Å². The minimum Gasteiger partial charge on any atom is -0.297 e. The van der Waals surface area contributed by atoms with E-state index in [2.05, 4.69) is 15.5 Å². The molecule has 0 unspecified atom stereocenters. The van der Waals surface area contributed by atoms with E-state index < -0.39 is 17.6 Å². The first-order valence-corrected chi connectivity index (χ1v) is 9.93. The highest BCUT2D eigenvalue weighted by atomic mass is 35.5. The summed E-state index contributed by atoms with van der Waals surface area (Å²) in [5.74, 6) is -0.486. The molecule has 10 heteroatoms. The van der Waals surface area contributed by atoms with Crippen LogP contribution in [0.5, 0.6) is 0 Å². The summed E-state index contributed by atoms with van der Waals surface area (Å²) in [6, 6.07) is 15.7. The number of benzene rings is 2. The van der Waals surface area contributed by atoms with E-state index in [1.54, 1.807) is 42.5 Å². The maximum absolute atomic E-state index is 13.3. The van der Waals surface area contributed by atoms with Crippen LogP contribution in [0.4, 0.5) is 13.2 Å². The minimum absolute atomic E-state index is 0.129. The second-order valence-corrected chi connectivity index (χ2v) is 7.53. The van der Waals surface area contributed by atoms with Crippen LogP contribution in [-0.2, 0) is 6.18 Å². The van der Waals surface area contributed by atoms with Gasteiger partial charge in [-0.3, -0.25) is 9.20 Å². The predicted octanol–water partition coefficient (Wildman–Crippen LogP) is 6.09. The van der Waals surface area contributed by atoms with E-state index in [-0.39, 0.29) is 16.4 Å². The van der Waals surface area contributed by atoms with Gasteiger partial charge in [-0.15, -0.1) is 0 Å². The minimum atomic E-state index is -4.59. The maximum Gasteiger partial charge on any atom is 0.417 e. The molecule has 0 saturated carbocycles. The van der Waals surface area contributed by atoms with E-state index in [0.29, 0.717) is 21.8 Å². The average Bonchev–Trinajstić information content (AvgIpc) is 3.13. The van der Waals surface area contributed by atoms with Crippen molar-refractivity contribution in [3.8, 4) is 11.3 Å². The summed E-state index contributed by atoms with van der Waals surface area (Å²) in [5, 5.41) is 4.24. The first kappa shape index (κ1) is 21.9. The van der Waals surface area contributed by atoms with Gasteiger partial charge in [0, 0.05) is 22.3 Å². The normalized spacial score (nSPS) is 11.9. The van der Waals surface area contributed by atoms with Crippen molar-refractivity contribution in [2.45, 2.75) is 6.18 Å². The number of imidazole rings is 1. The summed E-state index contributed by atoms with van der Waals surface area (Å²) in [6.07, 6.45) is -2.40. The molecule has 2 aromatic heterocycles. The third kappa shape index (κ3) is 4.46. The molecule has 0 aliphatic carbocycles. The number of fused-ring (bicyclic) bond motifs is 1. The first-order chi connectivity index (χ1) is 15.2. The van der Waals surface area contributed by atoms with E-state index in [1.807, 2.05) is 0 Å².